The number of benzene rings is 2. The number of hydrogen-bond donors (Lipinski definition) is 2. The van der Waals surface area contributed by atoms with Crippen LogP contribution in [-0.4, -0.2) is 78.2 Å². The first-order chi connectivity index (χ1) is 22.8. The number of aromatic nitrogens is 3. The van der Waals surface area contributed by atoms with Crippen LogP contribution in [-0.2, 0) is 14.3 Å². The number of methoxy groups -OCH3 is 1. The maximum absolute atomic E-state index is 15.2. The van der Waals surface area contributed by atoms with E-state index in [0.717, 1.165) is 44.5 Å². The van der Waals surface area contributed by atoms with Gasteiger partial charge in [0, 0.05) is 49.2 Å². The molecule has 0 atom stereocenters. The number of rotatable bonds is 12. The summed E-state index contributed by atoms with van der Waals surface area (Å²) in [6, 6.07) is 8.37. The van der Waals surface area contributed by atoms with Crippen molar-refractivity contribution < 1.29 is 41.7 Å². The van der Waals surface area contributed by atoms with Gasteiger partial charge in [0.15, 0.2) is 22.9 Å². The van der Waals surface area contributed by atoms with E-state index >= 15 is 8.78 Å². The summed E-state index contributed by atoms with van der Waals surface area (Å²) in [6.45, 7) is 4.42. The highest BCUT2D eigenvalue weighted by atomic mass is 19.1. The molecule has 2 amide bonds. The molecule has 2 fully saturated rings. The molecule has 6 rings (SSSR count). The van der Waals surface area contributed by atoms with Gasteiger partial charge in [-0.3, -0.25) is 14.5 Å². The average molecular weight is 653 g/mol. The number of fused-ring (bicyclic) bond motifs is 1. The van der Waals surface area contributed by atoms with Crippen molar-refractivity contribution in [2.75, 3.05) is 57.2 Å². The lowest BCUT2D eigenvalue weighted by Gasteiger charge is -2.26. The smallest absolute Gasteiger partial charge is 0.257 e. The van der Waals surface area contributed by atoms with Crippen molar-refractivity contribution >= 4 is 34.2 Å². The van der Waals surface area contributed by atoms with E-state index in [4.69, 9.17) is 18.9 Å². The predicted octanol–water partition coefficient (Wildman–Crippen LogP) is 4.70. The molecular weight excluding hydrogens is 621 g/mol. The van der Waals surface area contributed by atoms with Crippen LogP contribution in [0.3, 0.4) is 0 Å². The van der Waals surface area contributed by atoms with Crippen LogP contribution in [0.5, 0.6) is 23.3 Å². The average Bonchev–Trinajstić information content (AvgIpc) is 3.89. The molecule has 2 N–H and O–H groups in total. The van der Waals surface area contributed by atoms with Gasteiger partial charge in [-0.1, -0.05) is 0 Å². The number of nitrogens with zero attached hydrogens (tertiary/aromatic N) is 4. The van der Waals surface area contributed by atoms with Crippen LogP contribution in [0.4, 0.5) is 24.5 Å². The molecule has 12 nitrogen and oxygen atoms in total. The van der Waals surface area contributed by atoms with E-state index in [1.165, 1.54) is 31.4 Å². The molecule has 2 aliphatic rings. The summed E-state index contributed by atoms with van der Waals surface area (Å²) in [5.41, 5.74) is -0.976. The van der Waals surface area contributed by atoms with Gasteiger partial charge < -0.3 is 29.6 Å². The third kappa shape index (κ3) is 7.20. The lowest BCUT2D eigenvalue weighted by molar-refractivity contribution is -0.131. The molecule has 1 saturated carbocycles. The Kier molecular flexibility index (Phi) is 9.36. The number of amides is 2. The van der Waals surface area contributed by atoms with Gasteiger partial charge in [0.25, 0.3) is 5.88 Å². The largest absolute Gasteiger partial charge is 0.488 e. The number of ether oxygens (including phenoxy) is 4. The standard InChI is InChI=1S/C32H31F3N6O6/c1-44-28-25(46-12-2-9-41-10-13-45-14-11-41)17-24-26(40-28)29(37-18-36-24)47-27-22(34)15-21(16-23(27)35)39-31(43)32(7-8-32)30(42)38-20-5-3-19(33)4-6-20/h3-6,15-18H,2,7-14H2,1H3,(H,38,42)(H,39,43). The summed E-state index contributed by atoms with van der Waals surface area (Å²) in [5, 5.41) is 4.99. The van der Waals surface area contributed by atoms with Crippen LogP contribution in [0.2, 0.25) is 0 Å². The van der Waals surface area contributed by atoms with E-state index < -0.39 is 40.4 Å². The maximum atomic E-state index is 15.2. The molecule has 2 aromatic carbocycles. The molecule has 4 aromatic rings. The van der Waals surface area contributed by atoms with Crippen LogP contribution in [0, 0.1) is 22.9 Å². The molecule has 3 heterocycles. The summed E-state index contributed by atoms with van der Waals surface area (Å²) >= 11 is 0. The molecule has 0 unspecified atom stereocenters. The third-order valence-corrected chi connectivity index (χ3v) is 7.86. The molecule has 0 bridgehead atoms. The van der Waals surface area contributed by atoms with Crippen molar-refractivity contribution in [3.05, 3.63) is 66.2 Å². The Hall–Kier alpha value is -5.02. The quantitative estimate of drug-likeness (QED) is 0.164. The zero-order valence-corrected chi connectivity index (χ0v) is 25.4. The number of nitrogens with one attached hydrogen (secondary N) is 2. The van der Waals surface area contributed by atoms with E-state index in [1.54, 1.807) is 6.07 Å². The van der Waals surface area contributed by atoms with Gasteiger partial charge in [-0.25, -0.2) is 23.1 Å². The van der Waals surface area contributed by atoms with Crippen molar-refractivity contribution in [2.24, 2.45) is 5.41 Å². The lowest BCUT2D eigenvalue weighted by Crippen LogP contribution is -2.37. The number of morpholine rings is 1. The van der Waals surface area contributed by atoms with Crippen molar-refractivity contribution in [3.63, 3.8) is 0 Å². The van der Waals surface area contributed by atoms with Gasteiger partial charge in [-0.15, -0.1) is 0 Å². The van der Waals surface area contributed by atoms with E-state index in [0.29, 0.717) is 31.3 Å². The van der Waals surface area contributed by atoms with Gasteiger partial charge in [-0.2, -0.15) is 4.98 Å². The Morgan fingerprint density at radius 2 is 1.62 bits per heavy atom. The van der Waals surface area contributed by atoms with E-state index in [-0.39, 0.29) is 41.3 Å². The molecule has 1 aliphatic carbocycles. The molecule has 47 heavy (non-hydrogen) atoms. The third-order valence-electron chi connectivity index (χ3n) is 7.86. The number of hydrogen-bond acceptors (Lipinski definition) is 10. The predicted molar refractivity (Wildman–Crippen MR) is 163 cm³/mol. The highest BCUT2D eigenvalue weighted by Crippen LogP contribution is 2.48. The fourth-order valence-corrected chi connectivity index (χ4v) is 5.09. The zero-order chi connectivity index (χ0) is 33.0. The highest BCUT2D eigenvalue weighted by Gasteiger charge is 2.56. The zero-order valence-electron chi connectivity index (χ0n) is 25.4. The molecule has 1 aliphatic heterocycles. The monoisotopic (exact) mass is 652 g/mol. The van der Waals surface area contributed by atoms with Gasteiger partial charge in [-0.05, 0) is 43.5 Å². The van der Waals surface area contributed by atoms with Crippen molar-refractivity contribution in [1.82, 2.24) is 19.9 Å². The minimum Gasteiger partial charge on any atom is -0.488 e. The first kappa shape index (κ1) is 31.9. The molecular formula is C32H31F3N6O6. The Morgan fingerprint density at radius 3 is 2.28 bits per heavy atom. The summed E-state index contributed by atoms with van der Waals surface area (Å²) in [5.74, 6) is -4.68. The Balaban J connectivity index is 1.13. The second-order valence-electron chi connectivity index (χ2n) is 11.1. The first-order valence-electron chi connectivity index (χ1n) is 14.9. The van der Waals surface area contributed by atoms with Crippen LogP contribution in [0.25, 0.3) is 11.0 Å². The Bertz CT molecular complexity index is 1760. The van der Waals surface area contributed by atoms with Gasteiger partial charge >= 0.3 is 0 Å². The Labute approximate surface area is 267 Å². The summed E-state index contributed by atoms with van der Waals surface area (Å²) in [7, 11) is 1.41. The number of halogens is 3. The molecule has 0 radical (unpaired) electrons. The normalized spacial score (nSPS) is 15.6. The fraction of sp³-hybridized carbons (Fsp3) is 0.344. The summed E-state index contributed by atoms with van der Waals surface area (Å²) in [6.07, 6.45) is 2.38. The van der Waals surface area contributed by atoms with Crippen molar-refractivity contribution in [2.45, 2.75) is 19.3 Å². The summed E-state index contributed by atoms with van der Waals surface area (Å²) < 4.78 is 65.8. The van der Waals surface area contributed by atoms with Gasteiger partial charge in [0.05, 0.1) is 26.9 Å². The van der Waals surface area contributed by atoms with Crippen LogP contribution < -0.4 is 24.8 Å². The van der Waals surface area contributed by atoms with E-state index in [2.05, 4.69) is 30.5 Å². The molecule has 1 saturated heterocycles. The highest BCUT2D eigenvalue weighted by molar-refractivity contribution is 6.16. The summed E-state index contributed by atoms with van der Waals surface area (Å²) in [4.78, 5) is 40.7. The fourth-order valence-electron chi connectivity index (χ4n) is 5.09. The van der Waals surface area contributed by atoms with Gasteiger partial charge in [0.2, 0.25) is 23.4 Å². The van der Waals surface area contributed by atoms with Crippen LogP contribution in [0.1, 0.15) is 19.3 Å². The number of pyridine rings is 1. The molecule has 2 aromatic heterocycles. The number of carbonyl (C=O) groups is 2. The first-order valence-corrected chi connectivity index (χ1v) is 14.9. The topological polar surface area (TPSA) is 137 Å². The minimum atomic E-state index is -1.42. The van der Waals surface area contributed by atoms with Crippen molar-refractivity contribution in [3.8, 4) is 23.3 Å². The van der Waals surface area contributed by atoms with Crippen molar-refractivity contribution in [1.29, 1.82) is 0 Å². The molecule has 246 valence electrons. The van der Waals surface area contributed by atoms with E-state index in [9.17, 15) is 14.0 Å². The van der Waals surface area contributed by atoms with Crippen LogP contribution >= 0.6 is 0 Å². The van der Waals surface area contributed by atoms with Crippen LogP contribution in [0.15, 0.2) is 48.8 Å². The van der Waals surface area contributed by atoms with E-state index in [1.807, 2.05) is 0 Å². The Morgan fingerprint density at radius 1 is 0.936 bits per heavy atom. The number of carbonyl (C=O) groups excluding carboxylic acids is 2. The number of anilines is 2. The molecule has 0 spiro atoms. The SMILES string of the molecule is COc1nc2c(Oc3c(F)cc(NC(=O)C4(C(=O)Nc5ccc(F)cc5)CC4)cc3F)ncnc2cc1OCCCN1CCOCC1. The van der Waals surface area contributed by atoms with Gasteiger partial charge in [0.1, 0.15) is 23.1 Å². The second-order valence-corrected chi connectivity index (χ2v) is 11.1. The lowest BCUT2D eigenvalue weighted by atomic mass is 10.0. The minimum absolute atomic E-state index is 0.0732. The maximum Gasteiger partial charge on any atom is 0.257 e. The molecule has 15 heteroatoms. The second kappa shape index (κ2) is 13.8.